The molecule has 0 aliphatic carbocycles. The Morgan fingerprint density at radius 2 is 0.399 bits per heavy atom. The van der Waals surface area contributed by atoms with Gasteiger partial charge in [-0.3, -0.25) is 0 Å². The zero-order valence-corrected chi connectivity index (χ0v) is 84.1. The molecule has 0 unspecified atom stereocenters. The molecule has 0 fully saturated rings. The Morgan fingerprint density at radius 1 is 0.168 bits per heavy atom. The minimum atomic E-state index is -0.405. The summed E-state index contributed by atoms with van der Waals surface area (Å²) in [4.78, 5) is 13.7. The van der Waals surface area contributed by atoms with E-state index in [0.29, 0.717) is 0 Å². The summed E-state index contributed by atoms with van der Waals surface area (Å²) in [5.74, 6) is 1.84. The second-order valence-electron chi connectivity index (χ2n) is 45.6. The third-order valence-electron chi connectivity index (χ3n) is 31.3. The monoisotopic (exact) mass is 1840 g/mol. The number of rotatable bonds is 12. The summed E-state index contributed by atoms with van der Waals surface area (Å²) in [6, 6.07) is 157. The van der Waals surface area contributed by atoms with Crippen LogP contribution in [-0.4, -0.2) is 20.1 Å². The van der Waals surface area contributed by atoms with Crippen LogP contribution in [0, 0.1) is 0 Å². The molecule has 26 rings (SSSR count). The van der Waals surface area contributed by atoms with E-state index in [9.17, 15) is 0 Å². The first kappa shape index (κ1) is 87.4. The van der Waals surface area contributed by atoms with E-state index < -0.39 is 6.71 Å². The summed E-state index contributed by atoms with van der Waals surface area (Å²) in [5, 5.41) is 0. The zero-order chi connectivity index (χ0) is 97.3. The number of benzene rings is 19. The second kappa shape index (κ2) is 32.4. The van der Waals surface area contributed by atoms with Crippen LogP contribution in [-0.2, 0) is 27.1 Å². The van der Waals surface area contributed by atoms with Gasteiger partial charge in [-0.05, 0) is 291 Å². The molecule has 0 saturated heterocycles. The van der Waals surface area contributed by atoms with E-state index in [-0.39, 0.29) is 40.5 Å². The molecule has 0 N–H and O–H groups in total. The van der Waals surface area contributed by atoms with Gasteiger partial charge >= 0.3 is 0 Å². The van der Waals surface area contributed by atoms with Crippen molar-refractivity contribution in [1.29, 1.82) is 0 Å². The molecular weight excluding hydrogens is 1730 g/mol. The fourth-order valence-corrected chi connectivity index (χ4v) is 24.3. The van der Waals surface area contributed by atoms with Crippen LogP contribution < -0.4 is 78.4 Å². The van der Waals surface area contributed by atoms with E-state index in [4.69, 9.17) is 4.74 Å². The predicted octanol–water partition coefficient (Wildman–Crippen LogP) is 30.4. The van der Waals surface area contributed by atoms with Crippen LogP contribution in [0.25, 0.3) is 89.0 Å². The molecule has 0 bridgehead atoms. The number of fused-ring (bicyclic) bond motifs is 10. The number of nitrogens with zero attached hydrogens (tertiary/aromatic N) is 5. The van der Waals surface area contributed by atoms with Crippen LogP contribution in [0.4, 0.5) is 85.3 Å². The van der Waals surface area contributed by atoms with Gasteiger partial charge in [0.1, 0.15) is 0 Å². The van der Waals surface area contributed by atoms with Gasteiger partial charge in [0, 0.05) is 85.1 Å². The third-order valence-corrected chi connectivity index (χ3v) is 31.3. The standard InChI is InChI=1S/C134H112B3N5O/c1-130(2,3)99-56-60-108-114(76-99)139(103-70-93(85-44-28-18-29-45-85)65-94(71-103)86-46-30-19-31-47-86)120-82-121-124-127-123(120)135(108)110-62-58-106(133(10,11)12)128-125(110)142(127)126-111(63-59-107(129(126)143-128)134(13,14)15)137(124)113-80-112-116(81-117(113)141(121)105-74-97(89-52-36-22-37-53-89)67-98(75-105)90-54-38-23-39-55-90)140(104-72-95(87-48-32-20-33-49-87)66-96(73-104)88-50-34-21-35-51-88)119-79-101(132(7,8)9)78-118-122(119)136(112)109-61-57-100(131(4,5)6)77-115(109)138(118)102-68-91(83-40-24-16-25-41-83)64-92(69-102)84-42-26-17-27-43-84/h16-82H,1-15H3. The van der Waals surface area contributed by atoms with Gasteiger partial charge in [0.05, 0.1) is 11.4 Å². The van der Waals surface area contributed by atoms with Crippen molar-refractivity contribution in [2.24, 2.45) is 0 Å². The lowest BCUT2D eigenvalue weighted by atomic mass is 9.27. The highest BCUT2D eigenvalue weighted by Gasteiger charge is 2.57. The number of hydrogen-bond acceptors (Lipinski definition) is 6. The van der Waals surface area contributed by atoms with Gasteiger partial charge < -0.3 is 29.2 Å². The molecule has 0 radical (unpaired) electrons. The minimum Gasteiger partial charge on any atom is -0.452 e. The number of anilines is 15. The highest BCUT2D eigenvalue weighted by molar-refractivity contribution is 7.06. The van der Waals surface area contributed by atoms with Crippen molar-refractivity contribution in [3.63, 3.8) is 0 Å². The Balaban J connectivity index is 0.854. The van der Waals surface area contributed by atoms with Gasteiger partial charge in [-0.25, -0.2) is 0 Å². The predicted molar refractivity (Wildman–Crippen MR) is 611 cm³/mol. The molecule has 7 heterocycles. The summed E-state index contributed by atoms with van der Waals surface area (Å²) in [6.07, 6.45) is 0. The Labute approximate surface area is 843 Å². The molecule has 7 aliphatic heterocycles. The van der Waals surface area contributed by atoms with Crippen LogP contribution in [0.1, 0.15) is 132 Å². The lowest BCUT2D eigenvalue weighted by molar-refractivity contribution is 0.433. The summed E-state index contributed by atoms with van der Waals surface area (Å²) in [7, 11) is 0. The van der Waals surface area contributed by atoms with Crippen molar-refractivity contribution < 1.29 is 4.74 Å². The fourth-order valence-electron chi connectivity index (χ4n) is 24.3. The van der Waals surface area contributed by atoms with Crippen LogP contribution in [0.2, 0.25) is 0 Å². The second-order valence-corrected chi connectivity index (χ2v) is 45.6. The van der Waals surface area contributed by atoms with E-state index in [1.54, 1.807) is 0 Å². The number of ether oxygens (including phenoxy) is 1. The maximum absolute atomic E-state index is 8.36. The molecule has 0 spiro atoms. The van der Waals surface area contributed by atoms with Crippen LogP contribution in [0.3, 0.4) is 0 Å². The smallest absolute Gasteiger partial charge is 0.252 e. The Bertz CT molecular complexity index is 8210. The highest BCUT2D eigenvalue weighted by atomic mass is 16.5. The van der Waals surface area contributed by atoms with Crippen molar-refractivity contribution in [3.05, 3.63) is 434 Å². The van der Waals surface area contributed by atoms with E-state index >= 15 is 0 Å². The van der Waals surface area contributed by atoms with Gasteiger partial charge in [-0.2, -0.15) is 0 Å². The zero-order valence-electron chi connectivity index (χ0n) is 84.1. The summed E-state index contributed by atoms with van der Waals surface area (Å²) < 4.78 is 8.36. The lowest BCUT2D eigenvalue weighted by Crippen LogP contribution is -2.70. The van der Waals surface area contributed by atoms with Crippen molar-refractivity contribution >= 4 is 155 Å². The molecule has 6 nitrogen and oxygen atoms in total. The molecule has 19 aromatic rings. The first-order chi connectivity index (χ1) is 69.1. The maximum Gasteiger partial charge on any atom is 0.252 e. The third kappa shape index (κ3) is 14.2. The van der Waals surface area contributed by atoms with Crippen molar-refractivity contribution in [2.75, 3.05) is 24.5 Å². The molecule has 0 aromatic heterocycles. The maximum atomic E-state index is 8.36. The molecule has 143 heavy (non-hydrogen) atoms. The Hall–Kier alpha value is -15.8. The largest absolute Gasteiger partial charge is 0.452 e. The SMILES string of the molecule is CC(C)(C)c1ccc2c(c1)N(c1cc(-c3ccccc3)cc(-c3ccccc3)c1)c1cc(C(C)(C)C)cc3c1B2c1cc2c(cc1N3c1cc(-c3ccccc3)cc(-c3ccccc3)c1)N(c1cc(-c3ccccc3)cc(-c3ccccc3)c1)c1cc3c4c5c1B2c1ccc(C(C)(C)C)c2c1N5c1c(ccc(C(C)(C)C)c1O2)B4c1ccc(C(C)(C)C)cc1N3c1cc(-c2ccccc2)cc(-c2ccccc2)c1. The molecule has 688 valence electrons. The van der Waals surface area contributed by atoms with Crippen molar-refractivity contribution in [3.8, 4) is 101 Å². The highest BCUT2D eigenvalue weighted by Crippen LogP contribution is 2.62. The summed E-state index contributed by atoms with van der Waals surface area (Å²) in [5.41, 5.74) is 50.6. The van der Waals surface area contributed by atoms with E-state index in [0.717, 1.165) is 186 Å². The molecule has 19 aromatic carbocycles. The average molecular weight is 1840 g/mol. The average Bonchev–Trinajstić information content (AvgIpc) is 0.652. The Kier molecular flexibility index (Phi) is 19.8. The number of hydrogen-bond donors (Lipinski definition) is 0. The van der Waals surface area contributed by atoms with Gasteiger partial charge in [0.25, 0.3) is 20.1 Å². The van der Waals surface area contributed by atoms with Gasteiger partial charge in [0.2, 0.25) is 0 Å². The van der Waals surface area contributed by atoms with Crippen molar-refractivity contribution in [2.45, 2.75) is 131 Å². The van der Waals surface area contributed by atoms with Gasteiger partial charge in [0.15, 0.2) is 11.5 Å². The fraction of sp³-hybridized carbons (Fsp3) is 0.149. The van der Waals surface area contributed by atoms with E-state index in [1.165, 1.54) is 77.1 Å². The molecule has 9 heteroatoms. The van der Waals surface area contributed by atoms with Gasteiger partial charge in [-0.15, -0.1) is 0 Å². The first-order valence-corrected chi connectivity index (χ1v) is 51.0. The minimum absolute atomic E-state index is 0.238. The van der Waals surface area contributed by atoms with Crippen molar-refractivity contribution in [1.82, 2.24) is 0 Å². The molecule has 0 atom stereocenters. The summed E-state index contributed by atoms with van der Waals surface area (Å²) in [6.45, 7) is 34.8. The van der Waals surface area contributed by atoms with E-state index in [2.05, 4.69) is 535 Å². The quantitative estimate of drug-likeness (QED) is 0.113. The van der Waals surface area contributed by atoms with Crippen LogP contribution >= 0.6 is 0 Å². The molecule has 0 saturated carbocycles. The Morgan fingerprint density at radius 3 is 0.664 bits per heavy atom. The molecular formula is C134H112B3N5O. The van der Waals surface area contributed by atoms with Gasteiger partial charge in [-0.1, -0.05) is 401 Å². The lowest BCUT2D eigenvalue weighted by Gasteiger charge is -2.53. The summed E-state index contributed by atoms with van der Waals surface area (Å²) >= 11 is 0. The van der Waals surface area contributed by atoms with E-state index in [1.807, 2.05) is 0 Å². The topological polar surface area (TPSA) is 25.4 Å². The molecule has 7 aliphatic rings. The normalized spacial score (nSPS) is 13.8. The van der Waals surface area contributed by atoms with Crippen LogP contribution in [0.15, 0.2) is 406 Å². The molecule has 0 amide bonds. The van der Waals surface area contributed by atoms with Crippen LogP contribution in [0.5, 0.6) is 11.5 Å². The first-order valence-electron chi connectivity index (χ1n) is 51.0.